The molecule has 0 unspecified atom stereocenters. The van der Waals surface area contributed by atoms with Gasteiger partial charge in [0.05, 0.1) is 6.07 Å². The standard InChI is InChI=1S/C12H24N2O/c1-12(2)14(10-7-8-13)9-5-3-4-6-11-15/h12,15H,3-7,9-11H2,1-2H3. The number of hydrogen-bond acceptors (Lipinski definition) is 3. The monoisotopic (exact) mass is 212 g/mol. The van der Waals surface area contributed by atoms with Crippen molar-refractivity contribution < 1.29 is 5.11 Å². The highest BCUT2D eigenvalue weighted by molar-refractivity contribution is 4.73. The van der Waals surface area contributed by atoms with E-state index in [1.807, 2.05) is 0 Å². The SMILES string of the molecule is CC(C)N(CCC#N)CCCCCCO. The Morgan fingerprint density at radius 2 is 1.80 bits per heavy atom. The Kier molecular flexibility index (Phi) is 9.55. The molecule has 0 radical (unpaired) electrons. The Bertz CT molecular complexity index is 175. The Balaban J connectivity index is 3.53. The van der Waals surface area contributed by atoms with Gasteiger partial charge < -0.3 is 5.11 Å². The molecule has 0 amide bonds. The van der Waals surface area contributed by atoms with Crippen molar-refractivity contribution in [1.29, 1.82) is 5.26 Å². The third-order valence-electron chi connectivity index (χ3n) is 2.59. The second-order valence-corrected chi connectivity index (χ2v) is 4.18. The van der Waals surface area contributed by atoms with Crippen LogP contribution in [0.25, 0.3) is 0 Å². The molecule has 0 heterocycles. The average molecular weight is 212 g/mol. The van der Waals surface area contributed by atoms with Crippen molar-refractivity contribution >= 4 is 0 Å². The Morgan fingerprint density at radius 1 is 1.13 bits per heavy atom. The van der Waals surface area contributed by atoms with E-state index < -0.39 is 0 Å². The topological polar surface area (TPSA) is 47.3 Å². The summed E-state index contributed by atoms with van der Waals surface area (Å²) in [6.45, 7) is 6.61. The van der Waals surface area contributed by atoms with Crippen LogP contribution in [0.5, 0.6) is 0 Å². The fraction of sp³-hybridized carbons (Fsp3) is 0.917. The van der Waals surface area contributed by atoms with E-state index in [0.717, 1.165) is 25.9 Å². The molecular weight excluding hydrogens is 188 g/mol. The minimum atomic E-state index is 0.308. The molecule has 1 N–H and O–H groups in total. The molecule has 0 fully saturated rings. The maximum Gasteiger partial charge on any atom is 0.0635 e. The molecule has 3 heteroatoms. The van der Waals surface area contributed by atoms with Gasteiger partial charge in [-0.15, -0.1) is 0 Å². The molecule has 15 heavy (non-hydrogen) atoms. The van der Waals surface area contributed by atoms with Crippen LogP contribution in [0.15, 0.2) is 0 Å². The van der Waals surface area contributed by atoms with Crippen molar-refractivity contribution in [3.05, 3.63) is 0 Å². The van der Waals surface area contributed by atoms with Crippen LogP contribution in [0.2, 0.25) is 0 Å². The summed E-state index contributed by atoms with van der Waals surface area (Å²) >= 11 is 0. The molecule has 0 aliphatic rings. The molecule has 3 nitrogen and oxygen atoms in total. The molecule has 0 atom stereocenters. The van der Waals surface area contributed by atoms with Crippen molar-refractivity contribution in [2.75, 3.05) is 19.7 Å². The summed E-state index contributed by atoms with van der Waals surface area (Å²) in [7, 11) is 0. The predicted octanol–water partition coefficient (Wildman–Crippen LogP) is 2.16. The molecule has 0 rings (SSSR count). The summed E-state index contributed by atoms with van der Waals surface area (Å²) in [5, 5.41) is 17.2. The van der Waals surface area contributed by atoms with Gasteiger partial charge in [0.2, 0.25) is 0 Å². The summed E-state index contributed by atoms with van der Waals surface area (Å²) in [5.41, 5.74) is 0. The van der Waals surface area contributed by atoms with E-state index in [1.165, 1.54) is 12.8 Å². The molecule has 0 saturated carbocycles. The first-order chi connectivity index (χ1) is 7.22. The zero-order chi connectivity index (χ0) is 11.5. The Labute approximate surface area is 93.7 Å². The Morgan fingerprint density at radius 3 is 2.33 bits per heavy atom. The van der Waals surface area contributed by atoms with Gasteiger partial charge in [0.15, 0.2) is 0 Å². The minimum Gasteiger partial charge on any atom is -0.396 e. The van der Waals surface area contributed by atoms with Gasteiger partial charge in [0.25, 0.3) is 0 Å². The van der Waals surface area contributed by atoms with Gasteiger partial charge in [-0.2, -0.15) is 5.26 Å². The van der Waals surface area contributed by atoms with Crippen LogP contribution in [-0.2, 0) is 0 Å². The number of aliphatic hydroxyl groups excluding tert-OH is 1. The highest BCUT2D eigenvalue weighted by Crippen LogP contribution is 2.05. The lowest BCUT2D eigenvalue weighted by molar-refractivity contribution is 0.219. The number of nitrogens with zero attached hydrogens (tertiary/aromatic N) is 2. The minimum absolute atomic E-state index is 0.308. The van der Waals surface area contributed by atoms with Gasteiger partial charge >= 0.3 is 0 Å². The van der Waals surface area contributed by atoms with Crippen LogP contribution < -0.4 is 0 Å². The normalized spacial score (nSPS) is 10.9. The lowest BCUT2D eigenvalue weighted by atomic mass is 10.1. The van der Waals surface area contributed by atoms with E-state index in [1.54, 1.807) is 0 Å². The van der Waals surface area contributed by atoms with E-state index in [9.17, 15) is 0 Å². The molecule has 0 bridgehead atoms. The van der Waals surface area contributed by atoms with E-state index in [2.05, 4.69) is 24.8 Å². The molecule has 0 saturated heterocycles. The van der Waals surface area contributed by atoms with Crippen molar-refractivity contribution in [2.24, 2.45) is 0 Å². The number of hydrogen-bond donors (Lipinski definition) is 1. The van der Waals surface area contributed by atoms with Gasteiger partial charge in [-0.25, -0.2) is 0 Å². The molecule has 0 aromatic carbocycles. The quantitative estimate of drug-likeness (QED) is 0.596. The summed E-state index contributed by atoms with van der Waals surface area (Å²) in [5.74, 6) is 0. The third-order valence-corrected chi connectivity index (χ3v) is 2.59. The van der Waals surface area contributed by atoms with E-state index in [0.29, 0.717) is 19.1 Å². The highest BCUT2D eigenvalue weighted by atomic mass is 16.2. The first kappa shape index (κ1) is 14.4. The first-order valence-electron chi connectivity index (χ1n) is 5.94. The second kappa shape index (κ2) is 9.95. The van der Waals surface area contributed by atoms with E-state index >= 15 is 0 Å². The zero-order valence-electron chi connectivity index (χ0n) is 10.1. The number of unbranched alkanes of at least 4 members (excludes halogenated alkanes) is 3. The second-order valence-electron chi connectivity index (χ2n) is 4.18. The average Bonchev–Trinajstić information content (AvgIpc) is 2.21. The molecule has 0 spiro atoms. The lowest BCUT2D eigenvalue weighted by Gasteiger charge is -2.25. The smallest absolute Gasteiger partial charge is 0.0635 e. The molecule has 88 valence electrons. The lowest BCUT2D eigenvalue weighted by Crippen LogP contribution is -2.32. The van der Waals surface area contributed by atoms with Crippen LogP contribution >= 0.6 is 0 Å². The Hall–Kier alpha value is -0.590. The van der Waals surface area contributed by atoms with E-state index in [-0.39, 0.29) is 0 Å². The number of nitriles is 1. The van der Waals surface area contributed by atoms with Gasteiger partial charge in [-0.1, -0.05) is 12.8 Å². The largest absolute Gasteiger partial charge is 0.396 e. The highest BCUT2D eigenvalue weighted by Gasteiger charge is 2.07. The van der Waals surface area contributed by atoms with Gasteiger partial charge in [-0.05, 0) is 33.2 Å². The van der Waals surface area contributed by atoms with Crippen LogP contribution in [0.1, 0.15) is 46.0 Å². The zero-order valence-corrected chi connectivity index (χ0v) is 10.1. The van der Waals surface area contributed by atoms with Crippen molar-refractivity contribution in [2.45, 2.75) is 52.0 Å². The van der Waals surface area contributed by atoms with Crippen LogP contribution in [0.3, 0.4) is 0 Å². The van der Waals surface area contributed by atoms with Crippen LogP contribution in [-0.4, -0.2) is 35.7 Å². The van der Waals surface area contributed by atoms with Gasteiger partial charge in [-0.3, -0.25) is 4.90 Å². The molecule has 0 aromatic rings. The fourth-order valence-corrected chi connectivity index (χ4v) is 1.60. The van der Waals surface area contributed by atoms with Crippen LogP contribution in [0, 0.1) is 11.3 Å². The van der Waals surface area contributed by atoms with Crippen molar-refractivity contribution in [3.63, 3.8) is 0 Å². The summed E-state index contributed by atoms with van der Waals surface area (Å²) in [4.78, 5) is 2.35. The first-order valence-corrected chi connectivity index (χ1v) is 5.94. The maximum absolute atomic E-state index is 8.63. The summed E-state index contributed by atoms with van der Waals surface area (Å²) in [6, 6.07) is 2.71. The summed E-state index contributed by atoms with van der Waals surface area (Å²) < 4.78 is 0. The maximum atomic E-state index is 8.63. The number of aliphatic hydroxyl groups is 1. The molecule has 0 aliphatic carbocycles. The summed E-state index contributed by atoms with van der Waals surface area (Å²) in [6.07, 6.45) is 5.00. The van der Waals surface area contributed by atoms with E-state index in [4.69, 9.17) is 10.4 Å². The van der Waals surface area contributed by atoms with Gasteiger partial charge in [0, 0.05) is 25.6 Å². The predicted molar refractivity (Wildman–Crippen MR) is 62.5 cm³/mol. The number of rotatable bonds is 9. The third kappa shape index (κ3) is 8.41. The molecular formula is C12H24N2O. The van der Waals surface area contributed by atoms with Crippen molar-refractivity contribution in [3.8, 4) is 6.07 Å². The fourth-order valence-electron chi connectivity index (χ4n) is 1.60. The van der Waals surface area contributed by atoms with Crippen LogP contribution in [0.4, 0.5) is 0 Å². The molecule has 0 aliphatic heterocycles. The van der Waals surface area contributed by atoms with Crippen molar-refractivity contribution in [1.82, 2.24) is 4.90 Å². The van der Waals surface area contributed by atoms with Gasteiger partial charge in [0.1, 0.15) is 0 Å². The molecule has 0 aromatic heterocycles.